The van der Waals surface area contributed by atoms with Crippen molar-refractivity contribution in [3.63, 3.8) is 0 Å². The molecule has 1 aliphatic carbocycles. The predicted molar refractivity (Wildman–Crippen MR) is 67.8 cm³/mol. The molecule has 1 N–H and O–H groups in total. The second kappa shape index (κ2) is 4.01. The van der Waals surface area contributed by atoms with Crippen LogP contribution < -0.4 is 5.32 Å². The quantitative estimate of drug-likeness (QED) is 0.884. The third-order valence-electron chi connectivity index (χ3n) is 3.46. The highest BCUT2D eigenvalue weighted by atomic mass is 32.1. The first-order chi connectivity index (χ1) is 7.84. The summed E-state index contributed by atoms with van der Waals surface area (Å²) in [6, 6.07) is 2.56. The van der Waals surface area contributed by atoms with Crippen LogP contribution in [0.15, 0.2) is 17.8 Å². The summed E-state index contributed by atoms with van der Waals surface area (Å²) in [5.41, 5.74) is 1.04. The number of aromatic nitrogens is 2. The summed E-state index contributed by atoms with van der Waals surface area (Å²) in [6.07, 6.45) is 5.74. The van der Waals surface area contributed by atoms with Gasteiger partial charge < -0.3 is 5.32 Å². The largest absolute Gasteiger partial charge is 0.366 e. The van der Waals surface area contributed by atoms with Gasteiger partial charge in [-0.05, 0) is 37.1 Å². The molecule has 0 spiro atoms. The minimum atomic E-state index is 0.522. The van der Waals surface area contributed by atoms with Gasteiger partial charge in [0.15, 0.2) is 0 Å². The fourth-order valence-corrected chi connectivity index (χ4v) is 2.96. The maximum atomic E-state index is 4.35. The predicted octanol–water partition coefficient (Wildman–Crippen LogP) is 3.29. The lowest BCUT2D eigenvalue weighted by atomic mass is 9.80. The van der Waals surface area contributed by atoms with Gasteiger partial charge in [-0.25, -0.2) is 9.97 Å². The van der Waals surface area contributed by atoms with E-state index < -0.39 is 0 Å². The molecule has 0 aliphatic heterocycles. The van der Waals surface area contributed by atoms with E-state index in [1.165, 1.54) is 24.0 Å². The molecule has 0 saturated heterocycles. The van der Waals surface area contributed by atoms with Crippen LogP contribution in [0.25, 0.3) is 10.2 Å². The lowest BCUT2D eigenvalue weighted by Gasteiger charge is -2.32. The van der Waals surface area contributed by atoms with E-state index in [2.05, 4.69) is 27.6 Å². The Balaban J connectivity index is 1.85. The molecule has 0 amide bonds. The third-order valence-corrected chi connectivity index (χ3v) is 4.37. The van der Waals surface area contributed by atoms with Crippen LogP contribution in [-0.2, 0) is 0 Å². The molecule has 0 radical (unpaired) electrons. The molecule has 2 aromatic heterocycles. The van der Waals surface area contributed by atoms with Gasteiger partial charge in [0.05, 0.1) is 10.2 Å². The molecule has 2 heterocycles. The van der Waals surface area contributed by atoms with Gasteiger partial charge in [0.25, 0.3) is 0 Å². The Hall–Kier alpha value is -1.16. The molecule has 84 valence electrons. The Morgan fingerprint density at radius 1 is 1.44 bits per heavy atom. The van der Waals surface area contributed by atoms with Crippen molar-refractivity contribution in [1.82, 2.24) is 9.97 Å². The van der Waals surface area contributed by atoms with Crippen molar-refractivity contribution in [2.75, 3.05) is 5.32 Å². The maximum Gasteiger partial charge on any atom is 0.147 e. The Labute approximate surface area is 98.9 Å². The monoisotopic (exact) mass is 233 g/mol. The molecule has 16 heavy (non-hydrogen) atoms. The van der Waals surface area contributed by atoms with Crippen molar-refractivity contribution in [3.05, 3.63) is 17.8 Å². The topological polar surface area (TPSA) is 37.8 Å². The lowest BCUT2D eigenvalue weighted by Crippen LogP contribution is -2.31. The summed E-state index contributed by atoms with van der Waals surface area (Å²) in [7, 11) is 0. The number of nitrogens with zero attached hydrogens (tertiary/aromatic N) is 2. The van der Waals surface area contributed by atoms with Gasteiger partial charge >= 0.3 is 0 Å². The summed E-state index contributed by atoms with van der Waals surface area (Å²) in [5, 5.41) is 5.60. The minimum Gasteiger partial charge on any atom is -0.366 e. The van der Waals surface area contributed by atoms with E-state index in [4.69, 9.17) is 0 Å². The Kier molecular flexibility index (Phi) is 2.52. The Morgan fingerprint density at radius 3 is 3.06 bits per heavy atom. The van der Waals surface area contributed by atoms with Crippen molar-refractivity contribution in [2.45, 2.75) is 32.2 Å². The van der Waals surface area contributed by atoms with Crippen LogP contribution in [0.2, 0.25) is 0 Å². The molecule has 3 nitrogen and oxygen atoms in total. The number of rotatable bonds is 3. The first-order valence-electron chi connectivity index (χ1n) is 5.79. The van der Waals surface area contributed by atoms with Gasteiger partial charge in [-0.3, -0.25) is 0 Å². The number of fused-ring (bicyclic) bond motifs is 1. The zero-order chi connectivity index (χ0) is 11.0. The number of hydrogen-bond donors (Lipinski definition) is 1. The molecular formula is C12H15N3S. The third kappa shape index (κ3) is 1.67. The average molecular weight is 233 g/mol. The van der Waals surface area contributed by atoms with E-state index in [1.807, 2.05) is 6.07 Å². The number of thiophene rings is 1. The van der Waals surface area contributed by atoms with Gasteiger partial charge in [-0.1, -0.05) is 6.42 Å². The second-order valence-corrected chi connectivity index (χ2v) is 5.40. The zero-order valence-electron chi connectivity index (χ0n) is 9.31. The molecule has 1 saturated carbocycles. The summed E-state index contributed by atoms with van der Waals surface area (Å²) in [6.45, 7) is 2.26. The highest BCUT2D eigenvalue weighted by molar-refractivity contribution is 7.17. The zero-order valence-corrected chi connectivity index (χ0v) is 10.1. The average Bonchev–Trinajstić information content (AvgIpc) is 2.63. The molecular weight excluding hydrogens is 218 g/mol. The standard InChI is InChI=1S/C12H15N3S/c1-8(9-3-2-4-9)15-12-11-10(5-6-16-11)13-7-14-12/h5-9H,2-4H2,1H3,(H,13,14,15). The number of hydrogen-bond acceptors (Lipinski definition) is 4. The molecule has 1 unspecified atom stereocenters. The van der Waals surface area contributed by atoms with Gasteiger partial charge in [-0.15, -0.1) is 11.3 Å². The van der Waals surface area contributed by atoms with Crippen molar-refractivity contribution in [1.29, 1.82) is 0 Å². The molecule has 0 bridgehead atoms. The first kappa shape index (κ1) is 10.0. The van der Waals surface area contributed by atoms with E-state index in [0.717, 1.165) is 17.3 Å². The highest BCUT2D eigenvalue weighted by Crippen LogP contribution is 2.32. The Morgan fingerprint density at radius 2 is 2.31 bits per heavy atom. The van der Waals surface area contributed by atoms with Crippen molar-refractivity contribution in [2.24, 2.45) is 5.92 Å². The van der Waals surface area contributed by atoms with Gasteiger partial charge in [0.2, 0.25) is 0 Å². The summed E-state index contributed by atoms with van der Waals surface area (Å²) >= 11 is 1.71. The minimum absolute atomic E-state index is 0.522. The summed E-state index contributed by atoms with van der Waals surface area (Å²) in [5.74, 6) is 1.82. The lowest BCUT2D eigenvalue weighted by molar-refractivity contribution is 0.285. The Bertz CT molecular complexity index is 490. The fraction of sp³-hybridized carbons (Fsp3) is 0.500. The van der Waals surface area contributed by atoms with E-state index in [1.54, 1.807) is 17.7 Å². The summed E-state index contributed by atoms with van der Waals surface area (Å²) in [4.78, 5) is 8.60. The molecule has 1 atom stereocenters. The normalized spacial score (nSPS) is 18.3. The number of anilines is 1. The van der Waals surface area contributed by atoms with Crippen LogP contribution >= 0.6 is 11.3 Å². The van der Waals surface area contributed by atoms with E-state index in [-0.39, 0.29) is 0 Å². The van der Waals surface area contributed by atoms with Crippen LogP contribution in [0.5, 0.6) is 0 Å². The smallest absolute Gasteiger partial charge is 0.147 e. The SMILES string of the molecule is CC(Nc1ncnc2ccsc12)C1CCC1. The van der Waals surface area contributed by atoms with Gasteiger partial charge in [0.1, 0.15) is 12.1 Å². The molecule has 2 aromatic rings. The first-order valence-corrected chi connectivity index (χ1v) is 6.67. The van der Waals surface area contributed by atoms with Gasteiger partial charge in [-0.2, -0.15) is 0 Å². The molecule has 0 aromatic carbocycles. The van der Waals surface area contributed by atoms with Crippen molar-refractivity contribution >= 4 is 27.4 Å². The highest BCUT2D eigenvalue weighted by Gasteiger charge is 2.24. The van der Waals surface area contributed by atoms with Crippen LogP contribution in [0.4, 0.5) is 5.82 Å². The number of nitrogens with one attached hydrogen (secondary N) is 1. The molecule has 4 heteroatoms. The van der Waals surface area contributed by atoms with Crippen molar-refractivity contribution < 1.29 is 0 Å². The van der Waals surface area contributed by atoms with Crippen LogP contribution in [0.3, 0.4) is 0 Å². The van der Waals surface area contributed by atoms with E-state index in [0.29, 0.717) is 6.04 Å². The van der Waals surface area contributed by atoms with E-state index in [9.17, 15) is 0 Å². The van der Waals surface area contributed by atoms with Gasteiger partial charge in [0, 0.05) is 6.04 Å². The van der Waals surface area contributed by atoms with E-state index >= 15 is 0 Å². The van der Waals surface area contributed by atoms with Crippen molar-refractivity contribution in [3.8, 4) is 0 Å². The van der Waals surface area contributed by atoms with Crippen LogP contribution in [0, 0.1) is 5.92 Å². The van der Waals surface area contributed by atoms with Crippen LogP contribution in [0.1, 0.15) is 26.2 Å². The maximum absolute atomic E-state index is 4.35. The van der Waals surface area contributed by atoms with Crippen LogP contribution in [-0.4, -0.2) is 16.0 Å². The fourth-order valence-electron chi connectivity index (χ4n) is 2.16. The molecule has 1 fully saturated rings. The summed E-state index contributed by atoms with van der Waals surface area (Å²) < 4.78 is 1.17. The molecule has 3 rings (SSSR count). The second-order valence-electron chi connectivity index (χ2n) is 4.48. The molecule has 1 aliphatic rings.